The molecule has 3 aromatic carbocycles. The molecule has 0 saturated heterocycles. The van der Waals surface area contributed by atoms with E-state index in [1.165, 1.54) is 0 Å². The fourth-order valence-electron chi connectivity index (χ4n) is 4.79. The van der Waals surface area contributed by atoms with Crippen LogP contribution in [0.4, 0.5) is 0 Å². The van der Waals surface area contributed by atoms with Crippen molar-refractivity contribution in [1.82, 2.24) is 5.01 Å². The monoisotopic (exact) mass is 490 g/mol. The Labute approximate surface area is 210 Å². The van der Waals surface area contributed by atoms with E-state index >= 15 is 0 Å². The molecule has 0 fully saturated rings. The number of benzene rings is 3. The maximum absolute atomic E-state index is 6.63. The van der Waals surface area contributed by atoms with E-state index in [4.69, 9.17) is 33.5 Å². The minimum atomic E-state index is -0.541. The van der Waals surface area contributed by atoms with E-state index in [0.717, 1.165) is 33.9 Å². The molecular formula is C28H30N2O6. The van der Waals surface area contributed by atoms with E-state index in [0.29, 0.717) is 36.0 Å². The van der Waals surface area contributed by atoms with Crippen LogP contribution in [0.5, 0.6) is 34.5 Å². The summed E-state index contributed by atoms with van der Waals surface area (Å²) < 4.78 is 34.8. The molecule has 36 heavy (non-hydrogen) atoms. The highest BCUT2D eigenvalue weighted by molar-refractivity contribution is 6.02. The largest absolute Gasteiger partial charge is 0.497 e. The van der Waals surface area contributed by atoms with Crippen LogP contribution in [-0.2, 0) is 0 Å². The normalized spacial score (nSPS) is 17.9. The van der Waals surface area contributed by atoms with Gasteiger partial charge in [0, 0.05) is 23.1 Å². The van der Waals surface area contributed by atoms with Gasteiger partial charge in [-0.1, -0.05) is 24.3 Å². The maximum atomic E-state index is 6.63. The third-order valence-corrected chi connectivity index (χ3v) is 6.46. The fraction of sp³-hybridized carbons (Fsp3) is 0.321. The molecule has 0 aromatic heterocycles. The summed E-state index contributed by atoms with van der Waals surface area (Å²) in [5.74, 6) is 3.84. The minimum absolute atomic E-state index is 0.0422. The molecule has 0 aliphatic carbocycles. The van der Waals surface area contributed by atoms with Gasteiger partial charge in [0.15, 0.2) is 23.0 Å². The van der Waals surface area contributed by atoms with Crippen LogP contribution in [0.2, 0.25) is 0 Å². The molecule has 0 bridgehead atoms. The Morgan fingerprint density at radius 2 is 1.64 bits per heavy atom. The van der Waals surface area contributed by atoms with E-state index < -0.39 is 6.23 Å². The second-order valence-corrected chi connectivity index (χ2v) is 8.41. The van der Waals surface area contributed by atoms with E-state index in [1.807, 2.05) is 60.5 Å². The summed E-state index contributed by atoms with van der Waals surface area (Å²) in [5, 5.41) is 7.06. The second kappa shape index (κ2) is 9.89. The Kier molecular flexibility index (Phi) is 6.50. The second-order valence-electron chi connectivity index (χ2n) is 8.41. The number of ether oxygens (including phenoxy) is 6. The van der Waals surface area contributed by atoms with Crippen molar-refractivity contribution in [1.29, 1.82) is 0 Å². The molecular weight excluding hydrogens is 460 g/mol. The number of methoxy groups -OCH3 is 4. The standard InChI is InChI=1S/C28H30N2O6/c1-6-35-23-12-8-11-20-22-16-21(17-9-7-10-19(13-17)31-2)29-30(22)28(36-26(20)23)18-14-24(32-3)27(34-5)25(15-18)33-4/h7-15,22,28H,6,16H2,1-5H3/t22-,28-/m1/s1. The zero-order valence-corrected chi connectivity index (χ0v) is 21.1. The zero-order chi connectivity index (χ0) is 25.2. The first-order valence-corrected chi connectivity index (χ1v) is 11.8. The molecule has 2 heterocycles. The third-order valence-electron chi connectivity index (χ3n) is 6.46. The first-order valence-electron chi connectivity index (χ1n) is 11.8. The first kappa shape index (κ1) is 23.7. The number of fused-ring (bicyclic) bond motifs is 3. The molecule has 8 nitrogen and oxygen atoms in total. The van der Waals surface area contributed by atoms with Gasteiger partial charge in [-0.3, -0.25) is 0 Å². The lowest BCUT2D eigenvalue weighted by Crippen LogP contribution is -2.34. The lowest BCUT2D eigenvalue weighted by Gasteiger charge is -2.39. The molecule has 188 valence electrons. The summed E-state index contributed by atoms with van der Waals surface area (Å²) >= 11 is 0. The van der Waals surface area contributed by atoms with Gasteiger partial charge in [0.2, 0.25) is 12.0 Å². The Morgan fingerprint density at radius 1 is 0.889 bits per heavy atom. The molecule has 0 saturated carbocycles. The van der Waals surface area contributed by atoms with Gasteiger partial charge in [0.25, 0.3) is 0 Å². The predicted molar refractivity (Wildman–Crippen MR) is 136 cm³/mol. The lowest BCUT2D eigenvalue weighted by atomic mass is 9.95. The molecule has 0 radical (unpaired) electrons. The summed E-state index contributed by atoms with van der Waals surface area (Å²) in [6, 6.07) is 17.7. The Hall–Kier alpha value is -4.07. The maximum Gasteiger partial charge on any atom is 0.214 e. The van der Waals surface area contributed by atoms with Gasteiger partial charge in [-0.25, -0.2) is 5.01 Å². The molecule has 2 aliphatic rings. The van der Waals surface area contributed by atoms with Crippen molar-refractivity contribution in [3.63, 3.8) is 0 Å². The van der Waals surface area contributed by atoms with Crippen molar-refractivity contribution in [2.45, 2.75) is 25.6 Å². The SMILES string of the molecule is CCOc1cccc2c1O[C@H](c1cc(OC)c(OC)c(OC)c1)N1N=C(c3cccc(OC)c3)C[C@H]21. The van der Waals surface area contributed by atoms with Crippen molar-refractivity contribution in [3.8, 4) is 34.5 Å². The van der Waals surface area contributed by atoms with Crippen LogP contribution in [-0.4, -0.2) is 45.8 Å². The Bertz CT molecular complexity index is 1270. The van der Waals surface area contributed by atoms with Gasteiger partial charge in [-0.15, -0.1) is 0 Å². The molecule has 0 amide bonds. The van der Waals surface area contributed by atoms with Crippen molar-refractivity contribution in [2.24, 2.45) is 5.10 Å². The molecule has 0 unspecified atom stereocenters. The molecule has 2 atom stereocenters. The lowest BCUT2D eigenvalue weighted by molar-refractivity contribution is -0.0214. The van der Waals surface area contributed by atoms with Gasteiger partial charge in [-0.05, 0) is 37.3 Å². The fourth-order valence-corrected chi connectivity index (χ4v) is 4.79. The van der Waals surface area contributed by atoms with Crippen LogP contribution < -0.4 is 28.4 Å². The number of rotatable bonds is 8. The van der Waals surface area contributed by atoms with Crippen LogP contribution in [0, 0.1) is 0 Å². The van der Waals surface area contributed by atoms with Gasteiger partial charge in [-0.2, -0.15) is 5.10 Å². The summed E-state index contributed by atoms with van der Waals surface area (Å²) in [5.41, 5.74) is 3.82. The molecule has 0 spiro atoms. The number of nitrogens with zero attached hydrogens (tertiary/aromatic N) is 2. The van der Waals surface area contributed by atoms with Crippen molar-refractivity contribution in [3.05, 3.63) is 71.3 Å². The number of hydrogen-bond donors (Lipinski definition) is 0. The molecule has 3 aromatic rings. The topological polar surface area (TPSA) is 71.0 Å². The summed E-state index contributed by atoms with van der Waals surface area (Å²) in [7, 11) is 6.45. The van der Waals surface area contributed by atoms with Crippen LogP contribution in [0.15, 0.2) is 59.7 Å². The zero-order valence-electron chi connectivity index (χ0n) is 21.1. The van der Waals surface area contributed by atoms with Crippen LogP contribution in [0.3, 0.4) is 0 Å². The highest BCUT2D eigenvalue weighted by atomic mass is 16.5. The Morgan fingerprint density at radius 3 is 2.31 bits per heavy atom. The van der Waals surface area contributed by atoms with E-state index in [2.05, 4.69) is 6.07 Å². The molecule has 2 aliphatic heterocycles. The van der Waals surface area contributed by atoms with E-state index in [1.54, 1.807) is 28.4 Å². The molecule has 0 N–H and O–H groups in total. The van der Waals surface area contributed by atoms with Crippen molar-refractivity contribution < 1.29 is 28.4 Å². The number of hydrogen-bond acceptors (Lipinski definition) is 8. The highest BCUT2D eigenvalue weighted by Crippen LogP contribution is 2.52. The summed E-state index contributed by atoms with van der Waals surface area (Å²) in [4.78, 5) is 0. The first-order chi connectivity index (χ1) is 17.6. The van der Waals surface area contributed by atoms with Crippen LogP contribution in [0.25, 0.3) is 0 Å². The molecule has 5 rings (SSSR count). The van der Waals surface area contributed by atoms with Crippen LogP contribution in [0.1, 0.15) is 42.3 Å². The van der Waals surface area contributed by atoms with Gasteiger partial charge >= 0.3 is 0 Å². The minimum Gasteiger partial charge on any atom is -0.497 e. The van der Waals surface area contributed by atoms with Gasteiger partial charge < -0.3 is 28.4 Å². The van der Waals surface area contributed by atoms with Crippen molar-refractivity contribution in [2.75, 3.05) is 35.0 Å². The van der Waals surface area contributed by atoms with E-state index in [9.17, 15) is 0 Å². The quantitative estimate of drug-likeness (QED) is 0.421. The highest BCUT2D eigenvalue weighted by Gasteiger charge is 2.42. The smallest absolute Gasteiger partial charge is 0.214 e. The summed E-state index contributed by atoms with van der Waals surface area (Å²) in [6.45, 7) is 2.50. The predicted octanol–water partition coefficient (Wildman–Crippen LogP) is 5.36. The van der Waals surface area contributed by atoms with E-state index in [-0.39, 0.29) is 6.04 Å². The molecule has 8 heteroatoms. The van der Waals surface area contributed by atoms with Crippen LogP contribution >= 0.6 is 0 Å². The number of hydrazone groups is 1. The van der Waals surface area contributed by atoms with Crippen molar-refractivity contribution >= 4 is 5.71 Å². The summed E-state index contributed by atoms with van der Waals surface area (Å²) in [6.07, 6.45) is 0.168. The average molecular weight is 491 g/mol. The third kappa shape index (κ3) is 4.02. The number of para-hydroxylation sites is 1. The van der Waals surface area contributed by atoms with Gasteiger partial charge in [0.1, 0.15) is 5.75 Å². The Balaban J connectivity index is 1.65. The average Bonchev–Trinajstić information content (AvgIpc) is 3.38. The van der Waals surface area contributed by atoms with Gasteiger partial charge in [0.05, 0.1) is 46.8 Å².